The normalized spacial score (nSPS) is 6.79. The monoisotopic (exact) mass is 438 g/mol. The Balaban J connectivity index is -0.000000167. The van der Waals surface area contributed by atoms with Crippen molar-refractivity contribution in [1.29, 1.82) is 0 Å². The molecule has 0 spiro atoms. The first-order valence-electron chi connectivity index (χ1n) is 7.03. The molecule has 152 valence electrons. The van der Waals surface area contributed by atoms with Gasteiger partial charge in [-0.3, -0.25) is 0 Å². The van der Waals surface area contributed by atoms with Gasteiger partial charge in [-0.1, -0.05) is 0 Å². The number of phenolic OH excluding ortho intramolecular Hbond substituents is 1. The van der Waals surface area contributed by atoms with E-state index in [1.165, 1.54) is 0 Å². The van der Waals surface area contributed by atoms with E-state index >= 15 is 0 Å². The van der Waals surface area contributed by atoms with E-state index in [0.717, 1.165) is 21.3 Å². The Morgan fingerprint density at radius 1 is 0.931 bits per heavy atom. The zero-order valence-corrected chi connectivity index (χ0v) is 17.3. The zero-order chi connectivity index (χ0) is 24.3. The summed E-state index contributed by atoms with van der Waals surface area (Å²) in [6.07, 6.45) is 0. The van der Waals surface area contributed by atoms with Gasteiger partial charge in [0.15, 0.2) is 0 Å². The minimum absolute atomic E-state index is 0.271. The van der Waals surface area contributed by atoms with Crippen LogP contribution in [-0.2, 0) is 48.6 Å². The number of ether oxygens (including phenoxy) is 2. The van der Waals surface area contributed by atoms with Crippen LogP contribution in [0.2, 0.25) is 0 Å². The van der Waals surface area contributed by atoms with E-state index in [-0.39, 0.29) is 5.75 Å². The fourth-order valence-corrected chi connectivity index (χ4v) is 2.36. The summed E-state index contributed by atoms with van der Waals surface area (Å²) in [5.74, 6) is 5.86. The summed E-state index contributed by atoms with van der Waals surface area (Å²) in [5.41, 5.74) is 2.94. The molecule has 1 N–H and O–H groups in total. The summed E-state index contributed by atoms with van der Waals surface area (Å²) in [7, 11) is 0. The number of aromatic hydroxyl groups is 1. The Morgan fingerprint density at radius 3 is 1.72 bits per heavy atom. The van der Waals surface area contributed by atoms with Crippen LogP contribution >= 0.6 is 0 Å². The van der Waals surface area contributed by atoms with Crippen LogP contribution in [0.25, 0.3) is 0 Å². The van der Waals surface area contributed by atoms with Crippen molar-refractivity contribution in [3.05, 3.63) is 62.1 Å². The number of aryl methyl sites for hydroxylation is 2. The molecule has 0 aliphatic carbocycles. The minimum atomic E-state index is 0.271. The molecule has 0 aromatic heterocycles. The standard InChI is InChI=1S/C15H18O3.5CO.Cr/c1-4-5-6-17-7-8-18-11-15-12(2)9-14(16)10-13(15)3;5*1-2;/h9-10,16H,6-8H2,1-3H3;;;;;;. The van der Waals surface area contributed by atoms with Crippen LogP contribution < -0.4 is 0 Å². The fraction of sp³-hybridized carbons (Fsp3) is 0.300. The summed E-state index contributed by atoms with van der Waals surface area (Å²) >= 11 is 2.93. The van der Waals surface area contributed by atoms with Gasteiger partial charge in [-0.25, -0.2) is 0 Å². The second kappa shape index (κ2) is 33.2. The second-order valence-corrected chi connectivity index (χ2v) is 4.65. The van der Waals surface area contributed by atoms with Gasteiger partial charge in [-0.15, -0.1) is 0 Å². The summed E-state index contributed by atoms with van der Waals surface area (Å²) in [6.45, 7) is 29.6. The number of benzene rings is 1. The third-order valence-electron chi connectivity index (χ3n) is 2.53. The predicted octanol–water partition coefficient (Wildman–Crippen LogP) is 1.90. The molecule has 29 heavy (non-hydrogen) atoms. The number of rotatable bonds is 6. The second-order valence-electron chi connectivity index (χ2n) is 4.07. The van der Waals surface area contributed by atoms with Gasteiger partial charge in [0, 0.05) is 0 Å². The third kappa shape index (κ3) is 21.8. The first kappa shape index (κ1) is 37.4. The van der Waals surface area contributed by atoms with Crippen molar-refractivity contribution < 1.29 is 53.7 Å². The maximum absolute atomic E-state index is 9.50. The molecule has 0 fully saturated rings. The first-order chi connectivity index (χ1) is 14.1. The van der Waals surface area contributed by atoms with E-state index in [4.69, 9.17) is 32.7 Å². The molecule has 0 atom stereocenters. The maximum atomic E-state index is 9.50. The molecule has 0 unspecified atom stereocenters. The Hall–Kier alpha value is -2.40. The van der Waals surface area contributed by atoms with Gasteiger partial charge in [0.25, 0.3) is 0 Å². The molecule has 0 aliphatic rings. The molecule has 1 rings (SSSR count). The third-order valence-corrected chi connectivity index (χ3v) is 3.04. The van der Waals surface area contributed by atoms with Crippen LogP contribution in [0.15, 0.2) is 12.1 Å². The van der Waals surface area contributed by atoms with Gasteiger partial charge in [-0.05, 0) is 0 Å². The van der Waals surface area contributed by atoms with E-state index < -0.39 is 0 Å². The molecule has 9 heteroatoms. The molecular formula is C20H18CrO8. The van der Waals surface area contributed by atoms with Crippen molar-refractivity contribution in [2.75, 3.05) is 19.8 Å². The Labute approximate surface area is 178 Å². The van der Waals surface area contributed by atoms with Crippen LogP contribution in [0.3, 0.4) is 0 Å². The van der Waals surface area contributed by atoms with Crippen LogP contribution in [0.4, 0.5) is 0 Å². The van der Waals surface area contributed by atoms with Crippen molar-refractivity contribution in [2.24, 2.45) is 0 Å². The van der Waals surface area contributed by atoms with Gasteiger partial charge in [0.05, 0.1) is 0 Å². The van der Waals surface area contributed by atoms with Crippen LogP contribution in [0.1, 0.15) is 23.6 Å². The van der Waals surface area contributed by atoms with Crippen LogP contribution in [0, 0.1) is 58.9 Å². The SMILES string of the molecule is CC#CCOCCO[C](=[Cr])c1c(C)cc(O)cc1C.[C-]#[O+].[C-]#[O+].[C-]#[O+].[C-]#[O+].[C-]#[O+]. The molecule has 0 heterocycles. The molecule has 0 saturated heterocycles. The predicted molar refractivity (Wildman–Crippen MR) is 91.6 cm³/mol. The van der Waals surface area contributed by atoms with Crippen molar-refractivity contribution in [3.8, 4) is 17.6 Å². The van der Waals surface area contributed by atoms with E-state index in [1.54, 1.807) is 19.1 Å². The van der Waals surface area contributed by atoms with Crippen molar-refractivity contribution >= 4 is 4.57 Å². The van der Waals surface area contributed by atoms with Crippen molar-refractivity contribution in [1.82, 2.24) is 0 Å². The molecule has 1 aromatic rings. The molecule has 1 aromatic carbocycles. The van der Waals surface area contributed by atoms with Crippen molar-refractivity contribution in [3.63, 3.8) is 0 Å². The topological polar surface area (TPSA) is 138 Å². The molecular weight excluding hydrogens is 420 g/mol. The molecule has 8 nitrogen and oxygen atoms in total. The molecule has 0 radical (unpaired) electrons. The first-order valence-corrected chi connectivity index (χ1v) is 7.66. The number of phenols is 1. The van der Waals surface area contributed by atoms with Gasteiger partial charge in [-0.2, -0.15) is 0 Å². The summed E-state index contributed by atoms with van der Waals surface area (Å²) in [5, 5.41) is 9.50. The Kier molecular flexibility index (Phi) is 42.8. The Morgan fingerprint density at radius 2 is 1.34 bits per heavy atom. The van der Waals surface area contributed by atoms with Gasteiger partial charge in [0.2, 0.25) is 0 Å². The van der Waals surface area contributed by atoms with E-state index in [2.05, 4.69) is 60.9 Å². The number of hydrogen-bond donors (Lipinski definition) is 1. The van der Waals surface area contributed by atoms with Crippen LogP contribution in [-0.4, -0.2) is 29.5 Å². The van der Waals surface area contributed by atoms with Gasteiger partial charge in [0.1, 0.15) is 0 Å². The fourth-order valence-electron chi connectivity index (χ4n) is 1.72. The Bertz CT molecular complexity index is 660. The molecule has 0 aliphatic heterocycles. The number of hydrogen-bond acceptors (Lipinski definition) is 3. The van der Waals surface area contributed by atoms with Gasteiger partial charge < -0.3 is 0 Å². The summed E-state index contributed by atoms with van der Waals surface area (Å²) < 4.78 is 49.1. The van der Waals surface area contributed by atoms with Crippen LogP contribution in [0.5, 0.6) is 5.75 Å². The summed E-state index contributed by atoms with van der Waals surface area (Å²) in [4.78, 5) is 0. The van der Waals surface area contributed by atoms with E-state index in [9.17, 15) is 5.11 Å². The average molecular weight is 438 g/mol. The van der Waals surface area contributed by atoms with E-state index in [0.29, 0.717) is 19.8 Å². The van der Waals surface area contributed by atoms with E-state index in [1.807, 2.05) is 13.8 Å². The zero-order valence-electron chi connectivity index (χ0n) is 16.0. The molecule has 0 amide bonds. The average Bonchev–Trinajstić information content (AvgIpc) is 2.77. The van der Waals surface area contributed by atoms with Gasteiger partial charge >= 0.3 is 179 Å². The molecule has 0 saturated carbocycles. The summed E-state index contributed by atoms with van der Waals surface area (Å²) in [6, 6.07) is 3.44. The quantitative estimate of drug-likeness (QED) is 0.314. The molecule has 0 bridgehead atoms. The van der Waals surface area contributed by atoms with Crippen molar-refractivity contribution in [2.45, 2.75) is 20.8 Å².